The fraction of sp³-hybridized carbons (Fsp3) is 0.818. The van der Waals surface area contributed by atoms with Gasteiger partial charge in [-0.15, -0.1) is 0 Å². The van der Waals surface area contributed by atoms with Crippen LogP contribution in [0.4, 0.5) is 0 Å². The molecule has 5 heteroatoms. The molecule has 1 unspecified atom stereocenters. The van der Waals surface area contributed by atoms with E-state index in [1.165, 1.54) is 13.8 Å². The molecule has 1 fully saturated rings. The van der Waals surface area contributed by atoms with Crippen molar-refractivity contribution < 1.29 is 23.8 Å². The van der Waals surface area contributed by atoms with Crippen LogP contribution >= 0.6 is 0 Å². The van der Waals surface area contributed by atoms with Gasteiger partial charge >= 0.3 is 11.9 Å². The van der Waals surface area contributed by atoms with E-state index >= 15 is 0 Å². The van der Waals surface area contributed by atoms with Gasteiger partial charge in [-0.05, 0) is 6.42 Å². The van der Waals surface area contributed by atoms with Gasteiger partial charge in [0.2, 0.25) is 6.29 Å². The van der Waals surface area contributed by atoms with Crippen molar-refractivity contribution in [1.29, 1.82) is 0 Å². The monoisotopic (exact) mass is 230 g/mol. The third-order valence-corrected chi connectivity index (χ3v) is 2.67. The van der Waals surface area contributed by atoms with E-state index in [4.69, 9.17) is 14.2 Å². The van der Waals surface area contributed by atoms with Crippen LogP contribution in [0.5, 0.6) is 0 Å². The van der Waals surface area contributed by atoms with Crippen LogP contribution in [-0.4, -0.2) is 30.4 Å². The number of hydrogen-bond acceptors (Lipinski definition) is 5. The highest BCUT2D eigenvalue weighted by atomic mass is 16.7. The van der Waals surface area contributed by atoms with Crippen molar-refractivity contribution in [2.45, 2.75) is 52.6 Å². The first-order valence-corrected chi connectivity index (χ1v) is 5.45. The van der Waals surface area contributed by atoms with Gasteiger partial charge in [-0.2, -0.15) is 0 Å². The molecule has 1 heterocycles. The van der Waals surface area contributed by atoms with E-state index in [-0.39, 0.29) is 12.0 Å². The number of carbonyl (C=O) groups excluding carboxylic acids is 2. The quantitative estimate of drug-likeness (QED) is 0.683. The molecule has 0 aromatic rings. The van der Waals surface area contributed by atoms with Crippen molar-refractivity contribution in [3.63, 3.8) is 0 Å². The normalized spacial score (nSPS) is 33.5. The third-order valence-electron chi connectivity index (χ3n) is 2.67. The molecule has 5 nitrogen and oxygen atoms in total. The van der Waals surface area contributed by atoms with Crippen molar-refractivity contribution >= 4 is 11.9 Å². The Bertz CT molecular complexity index is 276. The Labute approximate surface area is 95.0 Å². The van der Waals surface area contributed by atoms with E-state index in [1.807, 2.05) is 13.8 Å². The second-order valence-electron chi connectivity index (χ2n) is 3.99. The molecule has 1 saturated heterocycles. The van der Waals surface area contributed by atoms with E-state index < -0.39 is 24.3 Å². The summed E-state index contributed by atoms with van der Waals surface area (Å²) in [4.78, 5) is 21.8. The third kappa shape index (κ3) is 2.95. The summed E-state index contributed by atoms with van der Waals surface area (Å²) in [6, 6.07) is 0. The molecule has 0 radical (unpaired) electrons. The predicted molar refractivity (Wildman–Crippen MR) is 55.4 cm³/mol. The second kappa shape index (κ2) is 5.30. The molecule has 0 saturated carbocycles. The largest absolute Gasteiger partial charge is 0.455 e. The van der Waals surface area contributed by atoms with Crippen LogP contribution in [0.25, 0.3) is 0 Å². The summed E-state index contributed by atoms with van der Waals surface area (Å²) in [7, 11) is 0. The molecule has 0 aliphatic carbocycles. The minimum absolute atomic E-state index is 0.0262. The van der Waals surface area contributed by atoms with Crippen molar-refractivity contribution in [3.8, 4) is 0 Å². The zero-order valence-electron chi connectivity index (χ0n) is 10.1. The maximum absolute atomic E-state index is 11.0. The van der Waals surface area contributed by atoms with Crippen molar-refractivity contribution in [1.82, 2.24) is 0 Å². The Morgan fingerprint density at radius 2 is 1.75 bits per heavy atom. The van der Waals surface area contributed by atoms with E-state index in [9.17, 15) is 9.59 Å². The molecule has 1 aliphatic heterocycles. The second-order valence-corrected chi connectivity index (χ2v) is 3.99. The highest BCUT2D eigenvalue weighted by Crippen LogP contribution is 2.31. The van der Waals surface area contributed by atoms with Crippen LogP contribution in [0.2, 0.25) is 0 Å². The molecule has 1 rings (SSSR count). The minimum atomic E-state index is -0.777. The number of ether oxygens (including phenoxy) is 3. The average Bonchev–Trinajstić information content (AvgIpc) is 2.44. The maximum atomic E-state index is 11.0. The smallest absolute Gasteiger partial charge is 0.305 e. The Morgan fingerprint density at radius 3 is 2.19 bits per heavy atom. The van der Waals surface area contributed by atoms with Gasteiger partial charge in [-0.25, -0.2) is 0 Å². The van der Waals surface area contributed by atoms with Crippen LogP contribution in [0.15, 0.2) is 0 Å². The van der Waals surface area contributed by atoms with Gasteiger partial charge in [0.05, 0.1) is 6.10 Å². The van der Waals surface area contributed by atoms with E-state index in [2.05, 4.69) is 0 Å². The summed E-state index contributed by atoms with van der Waals surface area (Å²) in [5.41, 5.74) is 0. The van der Waals surface area contributed by atoms with Crippen LogP contribution in [0, 0.1) is 5.92 Å². The zero-order chi connectivity index (χ0) is 12.3. The molecule has 0 bridgehead atoms. The fourth-order valence-corrected chi connectivity index (χ4v) is 1.91. The molecular formula is C11H18O5. The van der Waals surface area contributed by atoms with Gasteiger partial charge in [-0.1, -0.05) is 13.8 Å². The maximum Gasteiger partial charge on any atom is 0.305 e. The van der Waals surface area contributed by atoms with Gasteiger partial charge < -0.3 is 14.2 Å². The van der Waals surface area contributed by atoms with Crippen molar-refractivity contribution in [3.05, 3.63) is 0 Å². The number of esters is 2. The molecule has 4 atom stereocenters. The highest BCUT2D eigenvalue weighted by Gasteiger charge is 2.45. The minimum Gasteiger partial charge on any atom is -0.455 e. The Morgan fingerprint density at radius 1 is 1.19 bits per heavy atom. The molecule has 0 amide bonds. The molecular weight excluding hydrogens is 212 g/mol. The topological polar surface area (TPSA) is 61.8 Å². The molecule has 0 aromatic carbocycles. The van der Waals surface area contributed by atoms with Crippen LogP contribution in [-0.2, 0) is 23.8 Å². The van der Waals surface area contributed by atoms with Crippen LogP contribution < -0.4 is 0 Å². The molecule has 1 aliphatic rings. The van der Waals surface area contributed by atoms with Gasteiger partial charge in [0, 0.05) is 19.8 Å². The molecule has 0 spiro atoms. The summed E-state index contributed by atoms with van der Waals surface area (Å²) >= 11 is 0. The van der Waals surface area contributed by atoms with Gasteiger partial charge in [0.25, 0.3) is 0 Å². The lowest BCUT2D eigenvalue weighted by Gasteiger charge is -2.19. The number of rotatable bonds is 3. The first kappa shape index (κ1) is 13.0. The van der Waals surface area contributed by atoms with E-state index in [0.717, 1.165) is 6.42 Å². The first-order chi connectivity index (χ1) is 7.45. The lowest BCUT2D eigenvalue weighted by atomic mass is 9.99. The lowest BCUT2D eigenvalue weighted by Crippen LogP contribution is -2.33. The Hall–Kier alpha value is -1.10. The molecule has 16 heavy (non-hydrogen) atoms. The van der Waals surface area contributed by atoms with Gasteiger partial charge in [0.15, 0.2) is 6.10 Å². The average molecular weight is 230 g/mol. The number of carbonyl (C=O) groups is 2. The summed E-state index contributed by atoms with van der Waals surface area (Å²) in [6.07, 6.45) is -0.544. The van der Waals surface area contributed by atoms with E-state index in [0.29, 0.717) is 0 Å². The SMILES string of the molecule is CC[C@H]1OC(OC(C)=O)[C@H](OC(C)=O)[C@@H]1C. The Balaban J connectivity index is 2.72. The summed E-state index contributed by atoms with van der Waals surface area (Å²) in [5.74, 6) is -0.807. The standard InChI is InChI=1S/C11H18O5/c1-5-9-6(2)10(14-7(3)12)11(16-9)15-8(4)13/h6,9-11H,5H2,1-4H3/t6-,9-,10-,11?/m1/s1. The Kier molecular flexibility index (Phi) is 4.29. The molecule has 0 N–H and O–H groups in total. The highest BCUT2D eigenvalue weighted by molar-refractivity contribution is 5.67. The first-order valence-electron chi connectivity index (χ1n) is 5.45. The summed E-state index contributed by atoms with van der Waals surface area (Å²) in [5, 5.41) is 0. The van der Waals surface area contributed by atoms with E-state index in [1.54, 1.807) is 0 Å². The number of hydrogen-bond donors (Lipinski definition) is 0. The van der Waals surface area contributed by atoms with Crippen LogP contribution in [0.3, 0.4) is 0 Å². The lowest BCUT2D eigenvalue weighted by molar-refractivity contribution is -0.194. The van der Waals surface area contributed by atoms with Crippen LogP contribution in [0.1, 0.15) is 34.1 Å². The van der Waals surface area contributed by atoms with Gasteiger partial charge in [0.1, 0.15) is 0 Å². The molecule has 0 aromatic heterocycles. The summed E-state index contributed by atoms with van der Waals surface area (Å²) < 4.78 is 15.6. The zero-order valence-corrected chi connectivity index (χ0v) is 10.1. The van der Waals surface area contributed by atoms with Gasteiger partial charge in [-0.3, -0.25) is 9.59 Å². The van der Waals surface area contributed by atoms with Crippen molar-refractivity contribution in [2.75, 3.05) is 0 Å². The summed E-state index contributed by atoms with van der Waals surface area (Å²) in [6.45, 7) is 6.53. The molecule has 92 valence electrons. The predicted octanol–water partition coefficient (Wildman–Crippen LogP) is 1.25. The fourth-order valence-electron chi connectivity index (χ4n) is 1.91. The van der Waals surface area contributed by atoms with Crippen molar-refractivity contribution in [2.24, 2.45) is 5.92 Å².